The summed E-state index contributed by atoms with van der Waals surface area (Å²) in [7, 11) is 0. The van der Waals surface area contributed by atoms with Crippen molar-refractivity contribution < 1.29 is 4.74 Å². The van der Waals surface area contributed by atoms with Crippen molar-refractivity contribution in [1.82, 2.24) is 15.6 Å². The second-order valence-electron chi connectivity index (χ2n) is 5.87. The summed E-state index contributed by atoms with van der Waals surface area (Å²) in [6, 6.07) is 8.23. The number of guanidine groups is 1. The molecule has 136 valence electrons. The molecule has 7 heteroatoms. The van der Waals surface area contributed by atoms with E-state index in [1.165, 1.54) is 10.4 Å². The van der Waals surface area contributed by atoms with Crippen LogP contribution in [0.5, 0.6) is 5.75 Å². The smallest absolute Gasteiger partial charge is 0.191 e. The van der Waals surface area contributed by atoms with Gasteiger partial charge in [-0.2, -0.15) is 0 Å². The number of para-hydroxylation sites is 1. The summed E-state index contributed by atoms with van der Waals surface area (Å²) in [5.74, 6) is 1.82. The summed E-state index contributed by atoms with van der Waals surface area (Å²) in [5.41, 5.74) is 2.36. The Hall–Kier alpha value is -1.35. The van der Waals surface area contributed by atoms with E-state index < -0.39 is 0 Å². The van der Waals surface area contributed by atoms with Gasteiger partial charge in [0.25, 0.3) is 0 Å². The number of rotatable bonds is 5. The number of nitrogens with one attached hydrogen (secondary N) is 2. The Morgan fingerprint density at radius 3 is 2.80 bits per heavy atom. The molecule has 3 rings (SSSR count). The second-order valence-corrected chi connectivity index (χ2v) is 7.16. The van der Waals surface area contributed by atoms with Gasteiger partial charge in [-0.3, -0.25) is 0 Å². The van der Waals surface area contributed by atoms with Crippen LogP contribution in [0, 0.1) is 13.8 Å². The molecule has 0 aliphatic carbocycles. The monoisotopic (exact) mass is 472 g/mol. The number of ether oxygens (including phenoxy) is 1. The van der Waals surface area contributed by atoms with Crippen LogP contribution in [-0.2, 0) is 13.0 Å². The fourth-order valence-corrected chi connectivity index (χ4v) is 3.65. The topological polar surface area (TPSA) is 58.5 Å². The van der Waals surface area contributed by atoms with Crippen molar-refractivity contribution in [2.45, 2.75) is 39.8 Å². The molecule has 0 saturated carbocycles. The molecule has 1 aliphatic rings. The largest absolute Gasteiger partial charge is 0.488 e. The van der Waals surface area contributed by atoms with Gasteiger partial charge in [-0.1, -0.05) is 18.2 Å². The SMILES string of the molecule is CCNC(=NCc1sc(C)nc1C)NCC1Cc2ccccc2O1.I. The third-order valence-corrected chi connectivity index (χ3v) is 4.99. The lowest BCUT2D eigenvalue weighted by molar-refractivity contribution is 0.235. The van der Waals surface area contributed by atoms with Crippen LogP contribution in [0.15, 0.2) is 29.3 Å². The van der Waals surface area contributed by atoms with Crippen molar-refractivity contribution in [3.63, 3.8) is 0 Å². The van der Waals surface area contributed by atoms with Crippen LogP contribution in [0.1, 0.15) is 28.1 Å². The second kappa shape index (κ2) is 9.38. The molecule has 0 spiro atoms. The standard InChI is InChI=1S/C18H24N4OS.HI/c1-4-19-18(21-11-17-12(2)22-13(3)24-17)20-10-15-9-14-7-5-6-8-16(14)23-15;/h5-8,15H,4,9-11H2,1-3H3,(H2,19,20,21);1H. The molecule has 0 fully saturated rings. The van der Waals surface area contributed by atoms with E-state index in [1.807, 2.05) is 26.0 Å². The molecule has 2 aromatic rings. The molecule has 1 unspecified atom stereocenters. The van der Waals surface area contributed by atoms with Gasteiger partial charge in [-0.25, -0.2) is 9.98 Å². The number of aliphatic imine (C=N–C) groups is 1. The third-order valence-electron chi connectivity index (χ3n) is 3.94. The maximum atomic E-state index is 5.97. The van der Waals surface area contributed by atoms with E-state index in [-0.39, 0.29) is 30.1 Å². The minimum absolute atomic E-state index is 0. The molecule has 0 radical (unpaired) electrons. The Morgan fingerprint density at radius 2 is 2.12 bits per heavy atom. The van der Waals surface area contributed by atoms with E-state index in [0.29, 0.717) is 6.54 Å². The summed E-state index contributed by atoms with van der Waals surface area (Å²) >= 11 is 1.71. The lowest BCUT2D eigenvalue weighted by Gasteiger charge is -2.15. The summed E-state index contributed by atoms with van der Waals surface area (Å²) in [6.07, 6.45) is 1.09. The molecule has 0 saturated heterocycles. The Labute approximate surface area is 170 Å². The van der Waals surface area contributed by atoms with E-state index in [4.69, 9.17) is 4.74 Å². The first-order chi connectivity index (χ1) is 11.7. The number of fused-ring (bicyclic) bond motifs is 1. The molecule has 2 heterocycles. The van der Waals surface area contributed by atoms with Gasteiger partial charge in [-0.05, 0) is 32.4 Å². The minimum atomic E-state index is 0. The van der Waals surface area contributed by atoms with Gasteiger partial charge in [0.15, 0.2) is 5.96 Å². The zero-order valence-corrected chi connectivity index (χ0v) is 18.0. The molecule has 0 bridgehead atoms. The van der Waals surface area contributed by atoms with Crippen LogP contribution in [0.2, 0.25) is 0 Å². The highest BCUT2D eigenvalue weighted by Crippen LogP contribution is 2.27. The normalized spacial score (nSPS) is 16.0. The van der Waals surface area contributed by atoms with Crippen molar-refractivity contribution in [2.24, 2.45) is 4.99 Å². The van der Waals surface area contributed by atoms with Crippen molar-refractivity contribution in [1.29, 1.82) is 0 Å². The molecule has 1 aromatic carbocycles. The van der Waals surface area contributed by atoms with Gasteiger partial charge >= 0.3 is 0 Å². The van der Waals surface area contributed by atoms with E-state index in [2.05, 4.69) is 39.7 Å². The van der Waals surface area contributed by atoms with Gasteiger partial charge in [0.05, 0.1) is 23.8 Å². The summed E-state index contributed by atoms with van der Waals surface area (Å²) in [6.45, 7) is 8.36. The number of benzene rings is 1. The van der Waals surface area contributed by atoms with Gasteiger partial charge in [-0.15, -0.1) is 35.3 Å². The lowest BCUT2D eigenvalue weighted by atomic mass is 10.1. The number of hydrogen-bond donors (Lipinski definition) is 2. The van der Waals surface area contributed by atoms with Gasteiger partial charge in [0.2, 0.25) is 0 Å². The zero-order valence-electron chi connectivity index (χ0n) is 14.8. The lowest BCUT2D eigenvalue weighted by Crippen LogP contribution is -2.42. The van der Waals surface area contributed by atoms with Crippen LogP contribution < -0.4 is 15.4 Å². The molecule has 2 N–H and O–H groups in total. The Bertz CT molecular complexity index is 707. The molecular weight excluding hydrogens is 447 g/mol. The van der Waals surface area contributed by atoms with E-state index in [1.54, 1.807) is 11.3 Å². The predicted octanol–water partition coefficient (Wildman–Crippen LogP) is 3.44. The fraction of sp³-hybridized carbons (Fsp3) is 0.444. The van der Waals surface area contributed by atoms with Crippen molar-refractivity contribution >= 4 is 41.3 Å². The molecule has 5 nitrogen and oxygen atoms in total. The average Bonchev–Trinajstić information content (AvgIpc) is 3.12. The first kappa shape index (κ1) is 20.0. The molecule has 25 heavy (non-hydrogen) atoms. The molecule has 1 atom stereocenters. The van der Waals surface area contributed by atoms with Crippen molar-refractivity contribution in [3.8, 4) is 5.75 Å². The molecular formula is C18H25IN4OS. The summed E-state index contributed by atoms with van der Waals surface area (Å²) in [5, 5.41) is 7.77. The van der Waals surface area contributed by atoms with Gasteiger partial charge in [0.1, 0.15) is 11.9 Å². The number of aromatic nitrogens is 1. The first-order valence-electron chi connectivity index (χ1n) is 8.35. The number of thiazole rings is 1. The zero-order chi connectivity index (χ0) is 16.9. The fourth-order valence-electron chi connectivity index (χ4n) is 2.79. The quantitative estimate of drug-likeness (QED) is 0.398. The van der Waals surface area contributed by atoms with Gasteiger partial charge < -0.3 is 15.4 Å². The number of hydrogen-bond acceptors (Lipinski definition) is 4. The van der Waals surface area contributed by atoms with Crippen molar-refractivity contribution in [2.75, 3.05) is 13.1 Å². The predicted molar refractivity (Wildman–Crippen MR) is 114 cm³/mol. The highest BCUT2D eigenvalue weighted by Gasteiger charge is 2.22. The van der Waals surface area contributed by atoms with Crippen LogP contribution in [-0.4, -0.2) is 30.1 Å². The molecule has 1 aliphatic heterocycles. The van der Waals surface area contributed by atoms with Crippen LogP contribution in [0.25, 0.3) is 0 Å². The maximum absolute atomic E-state index is 5.97. The van der Waals surface area contributed by atoms with Gasteiger partial charge in [0, 0.05) is 17.8 Å². The van der Waals surface area contributed by atoms with Crippen LogP contribution >= 0.6 is 35.3 Å². The average molecular weight is 472 g/mol. The molecule has 1 aromatic heterocycles. The Morgan fingerprint density at radius 1 is 1.32 bits per heavy atom. The summed E-state index contributed by atoms with van der Waals surface area (Å²) < 4.78 is 5.97. The van der Waals surface area contributed by atoms with E-state index in [0.717, 1.165) is 41.9 Å². The highest BCUT2D eigenvalue weighted by molar-refractivity contribution is 14.0. The molecule has 0 amide bonds. The first-order valence-corrected chi connectivity index (χ1v) is 9.17. The number of aryl methyl sites for hydroxylation is 2. The Kier molecular flexibility index (Phi) is 7.49. The highest BCUT2D eigenvalue weighted by atomic mass is 127. The van der Waals surface area contributed by atoms with E-state index in [9.17, 15) is 0 Å². The number of halogens is 1. The minimum Gasteiger partial charge on any atom is -0.488 e. The Balaban J connectivity index is 0.00000225. The van der Waals surface area contributed by atoms with E-state index >= 15 is 0 Å². The third kappa shape index (κ3) is 5.31. The van der Waals surface area contributed by atoms with Crippen molar-refractivity contribution in [3.05, 3.63) is 45.4 Å². The maximum Gasteiger partial charge on any atom is 0.191 e. The number of nitrogens with zero attached hydrogens (tertiary/aromatic N) is 2. The van der Waals surface area contributed by atoms with Crippen LogP contribution in [0.3, 0.4) is 0 Å². The summed E-state index contributed by atoms with van der Waals surface area (Å²) in [4.78, 5) is 10.3. The van der Waals surface area contributed by atoms with Crippen LogP contribution in [0.4, 0.5) is 0 Å².